The molecule has 0 rings (SSSR count). The number of rotatable bonds is 12. The lowest BCUT2D eigenvalue weighted by Gasteiger charge is -2.05. The molecule has 0 aliphatic carbocycles. The second-order valence-corrected chi connectivity index (χ2v) is 3.77. The van der Waals surface area contributed by atoms with Crippen LogP contribution in [0, 0.1) is 0 Å². The van der Waals surface area contributed by atoms with Gasteiger partial charge < -0.3 is 14.8 Å². The van der Waals surface area contributed by atoms with Gasteiger partial charge in [-0.2, -0.15) is 0 Å². The minimum atomic E-state index is 0.799. The van der Waals surface area contributed by atoms with Crippen LogP contribution in [0.25, 0.3) is 0 Å². The molecule has 0 unspecified atom stereocenters. The molecule has 0 amide bonds. The molecular weight excluding hydrogens is 190 g/mol. The van der Waals surface area contributed by atoms with Crippen LogP contribution in [-0.4, -0.2) is 40.0 Å². The van der Waals surface area contributed by atoms with Crippen molar-refractivity contribution in [2.75, 3.05) is 40.0 Å². The molecule has 15 heavy (non-hydrogen) atoms. The fourth-order valence-electron chi connectivity index (χ4n) is 1.31. The Morgan fingerprint density at radius 2 is 1.60 bits per heavy atom. The van der Waals surface area contributed by atoms with Gasteiger partial charge >= 0.3 is 0 Å². The van der Waals surface area contributed by atoms with Gasteiger partial charge in [-0.3, -0.25) is 0 Å². The highest BCUT2D eigenvalue weighted by molar-refractivity contribution is 4.47. The van der Waals surface area contributed by atoms with E-state index in [1.54, 1.807) is 7.11 Å². The van der Waals surface area contributed by atoms with Crippen LogP contribution in [0.15, 0.2) is 0 Å². The Morgan fingerprint density at radius 3 is 2.27 bits per heavy atom. The zero-order chi connectivity index (χ0) is 11.2. The van der Waals surface area contributed by atoms with Crippen molar-refractivity contribution in [3.05, 3.63) is 0 Å². The maximum Gasteiger partial charge on any atom is 0.0587 e. The highest BCUT2D eigenvalue weighted by Gasteiger charge is 1.90. The van der Waals surface area contributed by atoms with E-state index in [1.807, 2.05) is 0 Å². The monoisotopic (exact) mass is 217 g/mol. The molecule has 0 aromatic rings. The van der Waals surface area contributed by atoms with Crippen molar-refractivity contribution < 1.29 is 9.47 Å². The average Bonchev–Trinajstić information content (AvgIpc) is 2.26. The van der Waals surface area contributed by atoms with Gasteiger partial charge in [-0.1, -0.05) is 19.8 Å². The molecule has 0 aliphatic rings. The lowest BCUT2D eigenvalue weighted by Crippen LogP contribution is -2.20. The van der Waals surface area contributed by atoms with Crippen LogP contribution < -0.4 is 5.32 Å². The van der Waals surface area contributed by atoms with Gasteiger partial charge in [0.25, 0.3) is 0 Å². The minimum Gasteiger partial charge on any atom is -0.383 e. The largest absolute Gasteiger partial charge is 0.383 e. The van der Waals surface area contributed by atoms with E-state index in [4.69, 9.17) is 9.47 Å². The van der Waals surface area contributed by atoms with Gasteiger partial charge in [-0.05, 0) is 25.8 Å². The van der Waals surface area contributed by atoms with E-state index in [-0.39, 0.29) is 0 Å². The van der Waals surface area contributed by atoms with Gasteiger partial charge in [0.05, 0.1) is 6.61 Å². The molecule has 0 saturated carbocycles. The van der Waals surface area contributed by atoms with E-state index in [0.29, 0.717) is 0 Å². The molecule has 3 nitrogen and oxygen atoms in total. The molecule has 0 radical (unpaired) electrons. The predicted octanol–water partition coefficient (Wildman–Crippen LogP) is 2.21. The van der Waals surface area contributed by atoms with Crippen molar-refractivity contribution in [3.8, 4) is 0 Å². The average molecular weight is 217 g/mol. The molecule has 0 aliphatic heterocycles. The summed E-state index contributed by atoms with van der Waals surface area (Å²) in [5, 5.41) is 3.32. The number of hydrogen-bond acceptors (Lipinski definition) is 3. The Balaban J connectivity index is 2.81. The van der Waals surface area contributed by atoms with Crippen LogP contribution in [0.4, 0.5) is 0 Å². The van der Waals surface area contributed by atoms with Crippen LogP contribution >= 0.6 is 0 Å². The number of nitrogens with one attached hydrogen (secondary N) is 1. The van der Waals surface area contributed by atoms with Gasteiger partial charge in [-0.25, -0.2) is 0 Å². The van der Waals surface area contributed by atoms with Crippen LogP contribution in [0.3, 0.4) is 0 Å². The Morgan fingerprint density at radius 1 is 0.867 bits per heavy atom. The summed E-state index contributed by atoms with van der Waals surface area (Å²) >= 11 is 0. The maximum absolute atomic E-state index is 5.51. The zero-order valence-electron chi connectivity index (χ0n) is 10.4. The normalized spacial score (nSPS) is 10.8. The predicted molar refractivity (Wildman–Crippen MR) is 64.3 cm³/mol. The molecule has 0 saturated heterocycles. The summed E-state index contributed by atoms with van der Waals surface area (Å²) in [6.45, 7) is 6.88. The van der Waals surface area contributed by atoms with Gasteiger partial charge in [0.2, 0.25) is 0 Å². The minimum absolute atomic E-state index is 0.799. The first-order valence-electron chi connectivity index (χ1n) is 6.19. The summed E-state index contributed by atoms with van der Waals surface area (Å²) in [6.07, 6.45) is 6.12. The standard InChI is InChI=1S/C12H27NO2/c1-3-4-6-10-15-11-7-5-8-13-9-12-14-2/h13H,3-12H2,1-2H3. The van der Waals surface area contributed by atoms with E-state index >= 15 is 0 Å². The molecule has 92 valence electrons. The summed E-state index contributed by atoms with van der Waals surface area (Å²) in [5.41, 5.74) is 0. The lowest BCUT2D eigenvalue weighted by molar-refractivity contribution is 0.126. The number of unbranched alkanes of at least 4 members (excludes halogenated alkanes) is 3. The summed E-state index contributed by atoms with van der Waals surface area (Å²) in [6, 6.07) is 0. The molecule has 0 heterocycles. The number of methoxy groups -OCH3 is 1. The van der Waals surface area contributed by atoms with E-state index in [0.717, 1.165) is 39.3 Å². The van der Waals surface area contributed by atoms with E-state index in [1.165, 1.54) is 25.7 Å². The Labute approximate surface area is 94.5 Å². The van der Waals surface area contributed by atoms with E-state index in [2.05, 4.69) is 12.2 Å². The Hall–Kier alpha value is -0.120. The van der Waals surface area contributed by atoms with Crippen LogP contribution in [-0.2, 0) is 9.47 Å². The smallest absolute Gasteiger partial charge is 0.0587 e. The first-order chi connectivity index (χ1) is 7.41. The Bertz CT molecular complexity index is 97.8. The highest BCUT2D eigenvalue weighted by atomic mass is 16.5. The fraction of sp³-hybridized carbons (Fsp3) is 1.00. The molecule has 1 N–H and O–H groups in total. The maximum atomic E-state index is 5.51. The zero-order valence-corrected chi connectivity index (χ0v) is 10.4. The fourth-order valence-corrected chi connectivity index (χ4v) is 1.31. The first kappa shape index (κ1) is 14.9. The number of hydrogen-bond donors (Lipinski definition) is 1. The third-order valence-electron chi connectivity index (χ3n) is 2.27. The van der Waals surface area contributed by atoms with Crippen molar-refractivity contribution >= 4 is 0 Å². The van der Waals surface area contributed by atoms with E-state index < -0.39 is 0 Å². The van der Waals surface area contributed by atoms with Crippen molar-refractivity contribution in [1.29, 1.82) is 0 Å². The van der Waals surface area contributed by atoms with Gasteiger partial charge in [0.15, 0.2) is 0 Å². The Kier molecular flexibility index (Phi) is 13.8. The molecular formula is C12H27NO2. The molecule has 0 spiro atoms. The highest BCUT2D eigenvalue weighted by Crippen LogP contribution is 1.95. The molecule has 0 aromatic heterocycles. The van der Waals surface area contributed by atoms with Crippen LogP contribution in [0.1, 0.15) is 39.0 Å². The molecule has 0 fully saturated rings. The van der Waals surface area contributed by atoms with Gasteiger partial charge in [-0.15, -0.1) is 0 Å². The molecule has 0 aromatic carbocycles. The summed E-state index contributed by atoms with van der Waals surface area (Å²) in [5.74, 6) is 0. The second kappa shape index (κ2) is 13.9. The third kappa shape index (κ3) is 13.9. The summed E-state index contributed by atoms with van der Waals surface area (Å²) in [4.78, 5) is 0. The number of ether oxygens (including phenoxy) is 2. The molecule has 0 bridgehead atoms. The van der Waals surface area contributed by atoms with Crippen LogP contribution in [0.5, 0.6) is 0 Å². The van der Waals surface area contributed by atoms with Crippen LogP contribution in [0.2, 0.25) is 0 Å². The molecule has 0 atom stereocenters. The summed E-state index contributed by atoms with van der Waals surface area (Å²) in [7, 11) is 1.73. The van der Waals surface area contributed by atoms with Crippen molar-refractivity contribution in [2.45, 2.75) is 39.0 Å². The lowest BCUT2D eigenvalue weighted by atomic mass is 10.3. The molecule has 3 heteroatoms. The topological polar surface area (TPSA) is 30.5 Å². The SMILES string of the molecule is CCCCCOCCCCNCCOC. The van der Waals surface area contributed by atoms with Gasteiger partial charge in [0, 0.05) is 26.9 Å². The second-order valence-electron chi connectivity index (χ2n) is 3.77. The van der Waals surface area contributed by atoms with E-state index in [9.17, 15) is 0 Å². The summed E-state index contributed by atoms with van der Waals surface area (Å²) < 4.78 is 10.4. The van der Waals surface area contributed by atoms with Crippen molar-refractivity contribution in [2.24, 2.45) is 0 Å². The van der Waals surface area contributed by atoms with Crippen molar-refractivity contribution in [3.63, 3.8) is 0 Å². The van der Waals surface area contributed by atoms with Crippen molar-refractivity contribution in [1.82, 2.24) is 5.32 Å². The quantitative estimate of drug-likeness (QED) is 0.508. The van der Waals surface area contributed by atoms with Gasteiger partial charge in [0.1, 0.15) is 0 Å². The first-order valence-corrected chi connectivity index (χ1v) is 6.19. The third-order valence-corrected chi connectivity index (χ3v) is 2.27.